The molecule has 1 aliphatic heterocycles. The number of aryl methyl sites for hydroxylation is 1. The smallest absolute Gasteiger partial charge is 0.451 e. The van der Waals surface area contributed by atoms with Gasteiger partial charge in [-0.25, -0.2) is 19.3 Å². The minimum absolute atomic E-state index is 0.101. The van der Waals surface area contributed by atoms with E-state index in [1.807, 2.05) is 6.92 Å². The van der Waals surface area contributed by atoms with E-state index in [4.69, 9.17) is 9.47 Å². The molecule has 1 saturated heterocycles. The summed E-state index contributed by atoms with van der Waals surface area (Å²) >= 11 is 1.26. The average Bonchev–Trinajstić information content (AvgIpc) is 3.29. The second-order valence-corrected chi connectivity index (χ2v) is 9.38. The highest BCUT2D eigenvalue weighted by atomic mass is 32.1. The van der Waals surface area contributed by atoms with Crippen LogP contribution in [0.2, 0.25) is 0 Å². The molecule has 3 heterocycles. The first-order chi connectivity index (χ1) is 17.1. The second kappa shape index (κ2) is 10.8. The van der Waals surface area contributed by atoms with Crippen molar-refractivity contribution in [3.63, 3.8) is 0 Å². The Morgan fingerprint density at radius 1 is 1.28 bits per heavy atom. The third kappa shape index (κ3) is 6.15. The Balaban J connectivity index is 1.57. The monoisotopic (exact) mass is 525 g/mol. The maximum atomic E-state index is 15.5. The second-order valence-electron chi connectivity index (χ2n) is 8.15. The summed E-state index contributed by atoms with van der Waals surface area (Å²) in [6.45, 7) is 5.43. The molecule has 0 aliphatic carbocycles. The molecule has 3 aromatic rings. The topological polar surface area (TPSA) is 98.3 Å². The van der Waals surface area contributed by atoms with E-state index in [2.05, 4.69) is 25.6 Å². The van der Waals surface area contributed by atoms with Crippen molar-refractivity contribution < 1.29 is 31.8 Å². The van der Waals surface area contributed by atoms with Crippen LogP contribution in [0.1, 0.15) is 39.6 Å². The number of hydrogen-bond donors (Lipinski definition) is 2. The molecule has 8 nitrogen and oxygen atoms in total. The van der Waals surface area contributed by atoms with Crippen molar-refractivity contribution >= 4 is 17.2 Å². The Morgan fingerprint density at radius 3 is 2.64 bits per heavy atom. The molecule has 0 bridgehead atoms. The van der Waals surface area contributed by atoms with Gasteiger partial charge >= 0.3 is 6.18 Å². The lowest BCUT2D eigenvalue weighted by Gasteiger charge is -2.24. The Morgan fingerprint density at radius 2 is 2.03 bits per heavy atom. The molecular weight excluding hydrogens is 502 g/mol. The van der Waals surface area contributed by atoms with E-state index in [-0.39, 0.29) is 35.2 Å². The van der Waals surface area contributed by atoms with Gasteiger partial charge in [0.1, 0.15) is 29.3 Å². The van der Waals surface area contributed by atoms with Crippen LogP contribution in [0.5, 0.6) is 5.75 Å². The zero-order valence-electron chi connectivity index (χ0n) is 19.4. The number of carbonyl (C=O) groups excluding carboxylic acids is 1. The van der Waals surface area contributed by atoms with Gasteiger partial charge in [-0.1, -0.05) is 0 Å². The van der Waals surface area contributed by atoms with Crippen LogP contribution in [0.15, 0.2) is 30.7 Å². The minimum Gasteiger partial charge on any atom is -0.491 e. The number of hydrogen-bond acceptors (Lipinski definition) is 8. The van der Waals surface area contributed by atoms with Gasteiger partial charge in [-0.05, 0) is 26.0 Å². The van der Waals surface area contributed by atoms with E-state index >= 15 is 4.39 Å². The lowest BCUT2D eigenvalue weighted by molar-refractivity contribution is -0.145. The number of nitrogens with zero attached hydrogens (tertiary/aromatic N) is 3. The number of amides is 1. The minimum atomic E-state index is -4.68. The number of benzene rings is 1. The molecule has 4 rings (SSSR count). The van der Waals surface area contributed by atoms with Gasteiger partial charge in [-0.2, -0.15) is 13.2 Å². The highest BCUT2D eigenvalue weighted by molar-refractivity contribution is 7.14. The molecule has 0 saturated carbocycles. The number of rotatable bonds is 7. The normalized spacial score (nSPS) is 17.0. The molecule has 1 aliphatic rings. The van der Waals surface area contributed by atoms with Gasteiger partial charge in [-0.3, -0.25) is 4.79 Å². The quantitative estimate of drug-likeness (QED) is 0.451. The Hall–Kier alpha value is -3.16. The summed E-state index contributed by atoms with van der Waals surface area (Å²) in [6.07, 6.45) is -1.35. The van der Waals surface area contributed by atoms with Crippen molar-refractivity contribution in [3.8, 4) is 16.3 Å². The number of morpholine rings is 1. The van der Waals surface area contributed by atoms with E-state index in [1.54, 1.807) is 6.20 Å². The van der Waals surface area contributed by atoms with Gasteiger partial charge in [0.15, 0.2) is 0 Å². The van der Waals surface area contributed by atoms with E-state index in [1.165, 1.54) is 30.4 Å². The summed E-state index contributed by atoms with van der Waals surface area (Å²) in [4.78, 5) is 24.7. The summed E-state index contributed by atoms with van der Waals surface area (Å²) in [5.41, 5.74) is 0.0311. The first-order valence-corrected chi connectivity index (χ1v) is 11.8. The maximum absolute atomic E-state index is 15.5. The molecule has 1 amide bonds. The fraction of sp³-hybridized carbons (Fsp3) is 0.391. The fourth-order valence-electron chi connectivity index (χ4n) is 3.46. The number of halogens is 4. The number of thiazole rings is 1. The van der Waals surface area contributed by atoms with Gasteiger partial charge in [0.25, 0.3) is 5.91 Å². The van der Waals surface area contributed by atoms with Crippen molar-refractivity contribution in [2.45, 2.75) is 32.2 Å². The molecule has 2 N–H and O–H groups in total. The van der Waals surface area contributed by atoms with Crippen LogP contribution in [0.25, 0.3) is 10.6 Å². The molecule has 1 fully saturated rings. The van der Waals surface area contributed by atoms with Crippen LogP contribution >= 0.6 is 11.3 Å². The third-order valence-electron chi connectivity index (χ3n) is 5.36. The number of alkyl halides is 3. The molecule has 192 valence electrons. The fourth-order valence-corrected chi connectivity index (χ4v) is 4.24. The van der Waals surface area contributed by atoms with Crippen LogP contribution in [0.3, 0.4) is 0 Å². The lowest BCUT2D eigenvalue weighted by Crippen LogP contribution is -2.41. The van der Waals surface area contributed by atoms with E-state index < -0.39 is 29.8 Å². The van der Waals surface area contributed by atoms with Crippen LogP contribution in [0.4, 0.5) is 17.6 Å². The molecule has 1 aromatic carbocycles. The Labute approximate surface area is 208 Å². The predicted molar refractivity (Wildman–Crippen MR) is 123 cm³/mol. The largest absolute Gasteiger partial charge is 0.491 e. The third-order valence-corrected chi connectivity index (χ3v) is 6.30. The average molecular weight is 526 g/mol. The Bertz CT molecular complexity index is 1210. The zero-order valence-corrected chi connectivity index (χ0v) is 20.2. The van der Waals surface area contributed by atoms with E-state index in [9.17, 15) is 18.0 Å². The standard InChI is InChI=1S/C23H23F4N5O3S/c1-12-7-29-21(36-12)18-6-15(35-11-16-10-28-3-4-34-16)5-17(19(18)24)20(33)32-13(2)14-8-30-22(31-9-14)23(25,26)27/h5-9,13,16,28H,3-4,10-11H2,1-2H3,(H,32,33)/t13-,16-/m1/s1. The molecule has 0 spiro atoms. The number of carbonyl (C=O) groups is 1. The first-order valence-electron chi connectivity index (χ1n) is 11.0. The van der Waals surface area contributed by atoms with Crippen molar-refractivity contribution in [3.05, 3.63) is 58.4 Å². The first kappa shape index (κ1) is 25.9. The molecule has 2 atom stereocenters. The van der Waals surface area contributed by atoms with Crippen LogP contribution < -0.4 is 15.4 Å². The van der Waals surface area contributed by atoms with E-state index in [0.29, 0.717) is 18.2 Å². The summed E-state index contributed by atoms with van der Waals surface area (Å²) in [6, 6.07) is 1.96. The number of ether oxygens (including phenoxy) is 2. The van der Waals surface area contributed by atoms with Crippen LogP contribution in [-0.4, -0.2) is 53.3 Å². The molecule has 0 unspecified atom stereocenters. The van der Waals surface area contributed by atoms with Gasteiger partial charge < -0.3 is 20.1 Å². The summed E-state index contributed by atoms with van der Waals surface area (Å²) < 4.78 is 65.1. The van der Waals surface area contributed by atoms with E-state index in [0.717, 1.165) is 23.8 Å². The SMILES string of the molecule is Cc1cnc(-c2cc(OC[C@H]3CNCCO3)cc(C(=O)N[C@H](C)c3cnc(C(F)(F)F)nc3)c2F)s1. The molecule has 13 heteroatoms. The highest BCUT2D eigenvalue weighted by Crippen LogP contribution is 2.33. The van der Waals surface area contributed by atoms with Crippen molar-refractivity contribution in [1.29, 1.82) is 0 Å². The summed E-state index contributed by atoms with van der Waals surface area (Å²) in [5.74, 6) is -2.61. The molecule has 2 aromatic heterocycles. The molecular formula is C23H23F4N5O3S. The van der Waals surface area contributed by atoms with Crippen molar-refractivity contribution in [2.24, 2.45) is 0 Å². The van der Waals surface area contributed by atoms with Crippen molar-refractivity contribution in [2.75, 3.05) is 26.3 Å². The maximum Gasteiger partial charge on any atom is 0.451 e. The summed E-state index contributed by atoms with van der Waals surface area (Å²) in [7, 11) is 0. The van der Waals surface area contributed by atoms with Gasteiger partial charge in [0.2, 0.25) is 5.82 Å². The molecule has 0 radical (unpaired) electrons. The predicted octanol–water partition coefficient (Wildman–Crippen LogP) is 3.92. The highest BCUT2D eigenvalue weighted by Gasteiger charge is 2.34. The number of nitrogens with one attached hydrogen (secondary N) is 2. The van der Waals surface area contributed by atoms with Gasteiger partial charge in [0.05, 0.1) is 23.8 Å². The van der Waals surface area contributed by atoms with Crippen LogP contribution in [0, 0.1) is 12.7 Å². The summed E-state index contributed by atoms with van der Waals surface area (Å²) in [5, 5.41) is 6.15. The molecule has 36 heavy (non-hydrogen) atoms. The van der Waals surface area contributed by atoms with Gasteiger partial charge in [-0.15, -0.1) is 11.3 Å². The van der Waals surface area contributed by atoms with Gasteiger partial charge in [0, 0.05) is 42.1 Å². The van der Waals surface area contributed by atoms with Crippen LogP contribution in [-0.2, 0) is 10.9 Å². The Kier molecular flexibility index (Phi) is 7.81. The van der Waals surface area contributed by atoms with Crippen molar-refractivity contribution in [1.82, 2.24) is 25.6 Å². The number of aromatic nitrogens is 3. The lowest BCUT2D eigenvalue weighted by atomic mass is 10.1. The zero-order chi connectivity index (χ0) is 25.9.